The third kappa shape index (κ3) is 3.13. The van der Waals surface area contributed by atoms with Crippen molar-refractivity contribution < 1.29 is 0 Å². The third-order valence-electron chi connectivity index (χ3n) is 2.01. The van der Waals surface area contributed by atoms with E-state index in [4.69, 9.17) is 23.7 Å². The molecule has 0 saturated carbocycles. The van der Waals surface area contributed by atoms with Crippen molar-refractivity contribution in [3.8, 4) is 0 Å². The molecule has 3 heteroatoms. The summed E-state index contributed by atoms with van der Waals surface area (Å²) in [5.41, 5.74) is 12.3. The van der Waals surface area contributed by atoms with E-state index in [2.05, 4.69) is 12.1 Å². The molecular weight excluding hydrogens is 180 g/mol. The van der Waals surface area contributed by atoms with Gasteiger partial charge in [-0.25, -0.2) is 0 Å². The molecule has 0 spiro atoms. The standard InChI is InChI=1S/C10H14N2S/c11-7-9(10(12)13)6-8-4-2-1-3-5-8/h1-5,9H,6-7,11H2,(H2,12,13). The molecule has 1 aromatic carbocycles. The Bertz CT molecular complexity index is 272. The monoisotopic (exact) mass is 194 g/mol. The van der Waals surface area contributed by atoms with Gasteiger partial charge in [0.05, 0.1) is 4.99 Å². The summed E-state index contributed by atoms with van der Waals surface area (Å²) in [4.78, 5) is 0.506. The van der Waals surface area contributed by atoms with Crippen molar-refractivity contribution in [2.24, 2.45) is 17.4 Å². The molecule has 4 N–H and O–H groups in total. The van der Waals surface area contributed by atoms with Crippen LogP contribution in [0.2, 0.25) is 0 Å². The van der Waals surface area contributed by atoms with Gasteiger partial charge in [-0.05, 0) is 12.0 Å². The first-order chi connectivity index (χ1) is 6.24. The molecule has 70 valence electrons. The van der Waals surface area contributed by atoms with Crippen molar-refractivity contribution in [2.45, 2.75) is 6.42 Å². The van der Waals surface area contributed by atoms with Gasteiger partial charge >= 0.3 is 0 Å². The number of thiocarbonyl (C=S) groups is 1. The van der Waals surface area contributed by atoms with Gasteiger partial charge in [0, 0.05) is 12.5 Å². The second-order valence-corrected chi connectivity index (χ2v) is 3.50. The average Bonchev–Trinajstić information content (AvgIpc) is 2.15. The van der Waals surface area contributed by atoms with Gasteiger partial charge in [-0.2, -0.15) is 0 Å². The molecule has 1 unspecified atom stereocenters. The van der Waals surface area contributed by atoms with Crippen molar-refractivity contribution in [3.63, 3.8) is 0 Å². The molecule has 1 rings (SSSR count). The van der Waals surface area contributed by atoms with Crippen molar-refractivity contribution in [1.29, 1.82) is 0 Å². The Labute approximate surface area is 83.9 Å². The molecule has 1 atom stereocenters. The SMILES string of the molecule is NCC(Cc1ccccc1)C(N)=S. The van der Waals surface area contributed by atoms with E-state index in [0.717, 1.165) is 6.42 Å². The van der Waals surface area contributed by atoms with Crippen molar-refractivity contribution in [3.05, 3.63) is 35.9 Å². The first kappa shape index (κ1) is 10.2. The highest BCUT2D eigenvalue weighted by Gasteiger charge is 2.09. The maximum absolute atomic E-state index is 5.55. The van der Waals surface area contributed by atoms with E-state index in [-0.39, 0.29) is 5.92 Å². The van der Waals surface area contributed by atoms with Crippen LogP contribution in [-0.2, 0) is 6.42 Å². The van der Waals surface area contributed by atoms with Crippen LogP contribution >= 0.6 is 12.2 Å². The van der Waals surface area contributed by atoms with Crippen molar-refractivity contribution in [2.75, 3.05) is 6.54 Å². The molecule has 2 nitrogen and oxygen atoms in total. The molecule has 0 fully saturated rings. The Morgan fingerprint density at radius 1 is 1.31 bits per heavy atom. The predicted molar refractivity (Wildman–Crippen MR) is 59.5 cm³/mol. The third-order valence-corrected chi connectivity index (χ3v) is 2.35. The van der Waals surface area contributed by atoms with Crippen molar-refractivity contribution >= 4 is 17.2 Å². The van der Waals surface area contributed by atoms with Crippen LogP contribution in [0.1, 0.15) is 5.56 Å². The quantitative estimate of drug-likeness (QED) is 0.705. The summed E-state index contributed by atoms with van der Waals surface area (Å²) in [7, 11) is 0. The molecule has 0 aliphatic heterocycles. The van der Waals surface area contributed by atoms with Gasteiger partial charge in [0.15, 0.2) is 0 Å². The number of hydrogen-bond donors (Lipinski definition) is 2. The topological polar surface area (TPSA) is 52.0 Å². The predicted octanol–water partition coefficient (Wildman–Crippen LogP) is 1.09. The van der Waals surface area contributed by atoms with E-state index in [1.165, 1.54) is 5.56 Å². The van der Waals surface area contributed by atoms with Gasteiger partial charge in [0.1, 0.15) is 0 Å². The first-order valence-corrected chi connectivity index (χ1v) is 4.68. The normalized spacial score (nSPS) is 12.4. The molecule has 1 aromatic rings. The molecular formula is C10H14N2S. The van der Waals surface area contributed by atoms with Gasteiger partial charge in [0.25, 0.3) is 0 Å². The second kappa shape index (κ2) is 4.94. The number of hydrogen-bond acceptors (Lipinski definition) is 2. The summed E-state index contributed by atoms with van der Waals surface area (Å²) in [6.45, 7) is 0.518. The maximum Gasteiger partial charge on any atom is 0.0774 e. The molecule has 0 aromatic heterocycles. The lowest BCUT2D eigenvalue weighted by molar-refractivity contribution is 0.702. The fourth-order valence-corrected chi connectivity index (χ4v) is 1.38. The van der Waals surface area contributed by atoms with Gasteiger partial charge in [0.2, 0.25) is 0 Å². The van der Waals surface area contributed by atoms with E-state index in [9.17, 15) is 0 Å². The smallest absolute Gasteiger partial charge is 0.0774 e. The van der Waals surface area contributed by atoms with E-state index in [1.807, 2.05) is 18.2 Å². The minimum absolute atomic E-state index is 0.123. The highest BCUT2D eigenvalue weighted by Crippen LogP contribution is 2.07. The molecule has 0 amide bonds. The highest BCUT2D eigenvalue weighted by molar-refractivity contribution is 7.80. The highest BCUT2D eigenvalue weighted by atomic mass is 32.1. The number of benzene rings is 1. The fourth-order valence-electron chi connectivity index (χ4n) is 1.20. The van der Waals surface area contributed by atoms with Crippen LogP contribution in [0.3, 0.4) is 0 Å². The minimum atomic E-state index is 0.123. The zero-order valence-corrected chi connectivity index (χ0v) is 8.26. The Morgan fingerprint density at radius 2 is 1.92 bits per heavy atom. The largest absolute Gasteiger partial charge is 0.393 e. The summed E-state index contributed by atoms with van der Waals surface area (Å²) < 4.78 is 0. The molecule has 0 heterocycles. The van der Waals surface area contributed by atoms with E-state index in [1.54, 1.807) is 0 Å². The lowest BCUT2D eigenvalue weighted by atomic mass is 10.00. The zero-order chi connectivity index (χ0) is 9.68. The fraction of sp³-hybridized carbons (Fsp3) is 0.300. The van der Waals surface area contributed by atoms with Crippen LogP contribution in [0.5, 0.6) is 0 Å². The van der Waals surface area contributed by atoms with Gasteiger partial charge in [-0.1, -0.05) is 42.5 Å². The summed E-state index contributed by atoms with van der Waals surface area (Å²) in [6, 6.07) is 10.1. The van der Waals surface area contributed by atoms with Crippen LogP contribution in [0.15, 0.2) is 30.3 Å². The minimum Gasteiger partial charge on any atom is -0.393 e. The molecule has 13 heavy (non-hydrogen) atoms. The Balaban J connectivity index is 2.62. The summed E-state index contributed by atoms with van der Waals surface area (Å²) in [5, 5.41) is 0. The van der Waals surface area contributed by atoms with Crippen LogP contribution in [0, 0.1) is 5.92 Å². The van der Waals surface area contributed by atoms with E-state index >= 15 is 0 Å². The number of rotatable bonds is 4. The lowest BCUT2D eigenvalue weighted by Crippen LogP contribution is -2.29. The van der Waals surface area contributed by atoms with E-state index in [0.29, 0.717) is 11.5 Å². The first-order valence-electron chi connectivity index (χ1n) is 4.27. The Morgan fingerprint density at radius 3 is 2.38 bits per heavy atom. The second-order valence-electron chi connectivity index (χ2n) is 3.02. The molecule has 0 aliphatic rings. The summed E-state index contributed by atoms with van der Waals surface area (Å²) in [5.74, 6) is 0.123. The summed E-state index contributed by atoms with van der Waals surface area (Å²) in [6.07, 6.45) is 0.840. The molecule has 0 radical (unpaired) electrons. The Kier molecular flexibility index (Phi) is 3.86. The van der Waals surface area contributed by atoms with Crippen molar-refractivity contribution in [1.82, 2.24) is 0 Å². The maximum atomic E-state index is 5.55. The van der Waals surface area contributed by atoms with Crippen LogP contribution in [0.4, 0.5) is 0 Å². The van der Waals surface area contributed by atoms with Gasteiger partial charge in [-0.15, -0.1) is 0 Å². The van der Waals surface area contributed by atoms with Gasteiger partial charge in [-0.3, -0.25) is 0 Å². The summed E-state index contributed by atoms with van der Waals surface area (Å²) >= 11 is 4.91. The average molecular weight is 194 g/mol. The molecule has 0 bridgehead atoms. The zero-order valence-electron chi connectivity index (χ0n) is 7.44. The lowest BCUT2D eigenvalue weighted by Gasteiger charge is -2.12. The van der Waals surface area contributed by atoms with Crippen LogP contribution in [-0.4, -0.2) is 11.5 Å². The number of nitrogens with two attached hydrogens (primary N) is 2. The van der Waals surface area contributed by atoms with Crippen LogP contribution in [0.25, 0.3) is 0 Å². The van der Waals surface area contributed by atoms with Gasteiger partial charge < -0.3 is 11.5 Å². The van der Waals surface area contributed by atoms with Crippen LogP contribution < -0.4 is 11.5 Å². The molecule has 0 aliphatic carbocycles. The Hall–Kier alpha value is -0.930. The van der Waals surface area contributed by atoms with E-state index < -0.39 is 0 Å². The molecule has 0 saturated heterocycles.